The Hall–Kier alpha value is -2.04. The first-order valence-corrected chi connectivity index (χ1v) is 13.7. The molecule has 196 valence electrons. The molecule has 2 amide bonds. The average molecular weight is 564 g/mol. The van der Waals surface area contributed by atoms with Gasteiger partial charge in [0, 0.05) is 5.02 Å². The summed E-state index contributed by atoms with van der Waals surface area (Å²) in [6.45, 7) is 6.14. The van der Waals surface area contributed by atoms with Crippen LogP contribution < -0.4 is 10.2 Å². The highest BCUT2D eigenvalue weighted by Crippen LogP contribution is 2.61. The maximum Gasteiger partial charge on any atom is 0.425 e. The molecule has 1 aliphatic rings. The van der Waals surface area contributed by atoms with Gasteiger partial charge in [-0.2, -0.15) is 13.2 Å². The first-order valence-electron chi connectivity index (χ1n) is 11.0. The van der Waals surface area contributed by atoms with Crippen molar-refractivity contribution in [1.82, 2.24) is 5.32 Å². The first-order chi connectivity index (χ1) is 16.8. The lowest BCUT2D eigenvalue weighted by molar-refractivity contribution is -0.167. The predicted octanol–water partition coefficient (Wildman–Crippen LogP) is 7.38. The number of rotatable bonds is 8. The Labute approximate surface area is 216 Å². The Balaban J connectivity index is 2.25. The van der Waals surface area contributed by atoms with Crippen molar-refractivity contribution in [3.8, 4) is 0 Å². The highest BCUT2D eigenvalue weighted by Gasteiger charge is 2.62. The Bertz CT molecular complexity index is 1160. The molecule has 1 saturated heterocycles. The van der Waals surface area contributed by atoms with Crippen molar-refractivity contribution >= 4 is 47.8 Å². The van der Waals surface area contributed by atoms with Crippen molar-refractivity contribution in [1.29, 1.82) is 0 Å². The molecule has 36 heavy (non-hydrogen) atoms. The van der Waals surface area contributed by atoms with Gasteiger partial charge in [-0.25, -0.2) is 14.7 Å². The predicted molar refractivity (Wildman–Crippen MR) is 137 cm³/mol. The van der Waals surface area contributed by atoms with Gasteiger partial charge < -0.3 is 14.4 Å². The van der Waals surface area contributed by atoms with Crippen LogP contribution in [0.25, 0.3) is 0 Å². The quantitative estimate of drug-likeness (QED) is 0.339. The van der Waals surface area contributed by atoms with Crippen LogP contribution in [0.15, 0.2) is 59.6 Å². The van der Waals surface area contributed by atoms with Crippen molar-refractivity contribution < 1.29 is 31.6 Å². The molecule has 7 nitrogen and oxygen atoms in total. The van der Waals surface area contributed by atoms with E-state index in [1.807, 2.05) is 0 Å². The fraction of sp³-hybridized carbons (Fsp3) is 0.391. The highest BCUT2D eigenvalue weighted by atomic mass is 35.5. The van der Waals surface area contributed by atoms with E-state index in [-0.39, 0.29) is 46.4 Å². The summed E-state index contributed by atoms with van der Waals surface area (Å²) in [5, 5.41) is 0.396. The van der Waals surface area contributed by atoms with E-state index in [1.54, 1.807) is 44.2 Å². The van der Waals surface area contributed by atoms with Gasteiger partial charge in [0.05, 0.1) is 18.9 Å². The Morgan fingerprint density at radius 3 is 2.11 bits per heavy atom. The molecule has 0 bridgehead atoms. The number of hydrogen-bond acceptors (Lipinski definition) is 6. The monoisotopic (exact) mass is 563 g/mol. The molecule has 0 saturated carbocycles. The van der Waals surface area contributed by atoms with Gasteiger partial charge in [-0.15, -0.1) is 0 Å². The van der Waals surface area contributed by atoms with E-state index in [4.69, 9.17) is 20.6 Å². The summed E-state index contributed by atoms with van der Waals surface area (Å²) in [4.78, 5) is 15.9. The first kappa shape index (κ1) is 28.5. The van der Waals surface area contributed by atoms with Crippen molar-refractivity contribution in [2.75, 3.05) is 18.1 Å². The zero-order valence-corrected chi connectivity index (χ0v) is 22.5. The number of thioether (sulfide) groups is 1. The van der Waals surface area contributed by atoms with E-state index in [0.717, 1.165) is 4.90 Å². The molecule has 0 spiro atoms. The fourth-order valence-corrected chi connectivity index (χ4v) is 6.61. The number of para-hydroxylation sites is 1. The molecule has 0 aliphatic carbocycles. The van der Waals surface area contributed by atoms with Gasteiger partial charge in [-0.1, -0.05) is 41.9 Å². The van der Waals surface area contributed by atoms with Crippen LogP contribution in [0.1, 0.15) is 33.3 Å². The van der Waals surface area contributed by atoms with Gasteiger partial charge in [0.2, 0.25) is 4.87 Å². The molecule has 1 heterocycles. The number of carbonyl (C=O) groups excluding carboxylic acids is 1. The second-order valence-electron chi connectivity index (χ2n) is 8.11. The molecule has 13 heteroatoms. The van der Waals surface area contributed by atoms with Gasteiger partial charge in [-0.05, 0) is 69.3 Å². The second-order valence-corrected chi connectivity index (χ2v) is 12.3. The topological polar surface area (TPSA) is 80.2 Å². The maximum atomic E-state index is 14.7. The minimum Gasteiger partial charge on any atom is -0.311 e. The largest absolute Gasteiger partial charge is 0.425 e. The van der Waals surface area contributed by atoms with Crippen LogP contribution in [0.4, 0.5) is 23.7 Å². The maximum absolute atomic E-state index is 14.7. The molecule has 2 aromatic carbocycles. The summed E-state index contributed by atoms with van der Waals surface area (Å²) in [6, 6.07) is 12.0. The van der Waals surface area contributed by atoms with Crippen LogP contribution in [0.3, 0.4) is 0 Å². The molecule has 0 aromatic heterocycles. The molecule has 1 fully saturated rings. The van der Waals surface area contributed by atoms with E-state index in [1.165, 1.54) is 38.1 Å². The van der Waals surface area contributed by atoms with Gasteiger partial charge in [0.15, 0.2) is 10.4 Å². The SMILES string of the molecule is CCOP(=O)(OCC)C(C)(C)N=C1SC(c2ccc(Cl)cc2)(C(F)(F)F)NC(=O)N1c1ccccc1. The summed E-state index contributed by atoms with van der Waals surface area (Å²) in [5.41, 5.74) is 0.0142. The number of anilines is 1. The number of benzene rings is 2. The number of nitrogens with zero attached hydrogens (tertiary/aromatic N) is 2. The number of halogens is 4. The van der Waals surface area contributed by atoms with Crippen molar-refractivity contribution in [3.63, 3.8) is 0 Å². The van der Waals surface area contributed by atoms with Crippen LogP contribution in [0.2, 0.25) is 5.02 Å². The Morgan fingerprint density at radius 1 is 1.06 bits per heavy atom. The zero-order chi connectivity index (χ0) is 26.8. The van der Waals surface area contributed by atoms with Gasteiger partial charge in [-0.3, -0.25) is 4.57 Å². The molecule has 1 atom stereocenters. The van der Waals surface area contributed by atoms with Crippen molar-refractivity contribution in [2.45, 2.75) is 44.0 Å². The molecular formula is C23H26ClF3N3O4PS. The number of hydrogen-bond donors (Lipinski definition) is 1. The number of carbonyl (C=O) groups is 1. The van der Waals surface area contributed by atoms with Gasteiger partial charge in [0.25, 0.3) is 0 Å². The van der Waals surface area contributed by atoms with Crippen LogP contribution >= 0.6 is 31.0 Å². The molecular weight excluding hydrogens is 538 g/mol. The molecule has 1 N–H and O–H groups in total. The molecule has 2 aromatic rings. The lowest BCUT2D eigenvalue weighted by Gasteiger charge is -2.44. The zero-order valence-electron chi connectivity index (χ0n) is 20.0. The summed E-state index contributed by atoms with van der Waals surface area (Å²) < 4.78 is 68.6. The van der Waals surface area contributed by atoms with Crippen molar-refractivity contribution in [3.05, 3.63) is 65.2 Å². The highest BCUT2D eigenvalue weighted by molar-refractivity contribution is 8.15. The summed E-state index contributed by atoms with van der Waals surface area (Å²) in [5.74, 6) is 0. The smallest absolute Gasteiger partial charge is 0.311 e. The Kier molecular flexibility index (Phi) is 8.52. The summed E-state index contributed by atoms with van der Waals surface area (Å²) in [6.07, 6.45) is -4.95. The van der Waals surface area contributed by atoms with E-state index in [2.05, 4.69) is 10.3 Å². The van der Waals surface area contributed by atoms with E-state index in [0.29, 0.717) is 0 Å². The molecule has 1 aliphatic heterocycles. The third-order valence-electron chi connectivity index (χ3n) is 5.22. The minimum absolute atomic E-state index is 0.0266. The number of urea groups is 1. The third kappa shape index (κ3) is 5.45. The lowest BCUT2D eigenvalue weighted by Crippen LogP contribution is -2.63. The minimum atomic E-state index is -4.95. The van der Waals surface area contributed by atoms with E-state index >= 15 is 0 Å². The van der Waals surface area contributed by atoms with E-state index < -0.39 is 30.0 Å². The number of amides is 2. The van der Waals surface area contributed by atoms with Crippen LogP contribution in [-0.2, 0) is 18.5 Å². The average Bonchev–Trinajstić information content (AvgIpc) is 2.79. The standard InChI is InChI=1S/C23H26ClF3N3O4PS/c1-5-33-35(32,34-6-2)21(3,4)29-20-30(18-10-8-7-9-11-18)19(31)28-22(36-20,23(25,26)27)16-12-14-17(24)15-13-16/h7-15H,5-6H2,1-4H3,(H,28,31). The number of aliphatic imine (C=N–C) groups is 1. The molecule has 3 rings (SSSR count). The Morgan fingerprint density at radius 2 is 1.61 bits per heavy atom. The van der Waals surface area contributed by atoms with Crippen LogP contribution in [-0.4, -0.2) is 35.9 Å². The summed E-state index contributed by atoms with van der Waals surface area (Å²) >= 11 is 6.18. The number of amidine groups is 1. The number of nitrogens with one attached hydrogen (secondary N) is 1. The number of alkyl halides is 3. The summed E-state index contributed by atoms with van der Waals surface area (Å²) in [7, 11) is -3.95. The molecule has 0 radical (unpaired) electrons. The lowest BCUT2D eigenvalue weighted by atomic mass is 10.1. The van der Waals surface area contributed by atoms with E-state index in [9.17, 15) is 22.5 Å². The normalized spacial score (nSPS) is 20.5. The van der Waals surface area contributed by atoms with Crippen molar-refractivity contribution in [2.24, 2.45) is 4.99 Å². The second kappa shape index (κ2) is 10.8. The van der Waals surface area contributed by atoms with Crippen LogP contribution in [0.5, 0.6) is 0 Å². The fourth-order valence-electron chi connectivity index (χ4n) is 3.48. The third-order valence-corrected chi connectivity index (χ3v) is 9.44. The molecule has 1 unspecified atom stereocenters. The van der Waals surface area contributed by atoms with Gasteiger partial charge in [0.1, 0.15) is 0 Å². The van der Waals surface area contributed by atoms with Gasteiger partial charge >= 0.3 is 19.8 Å². The van der Waals surface area contributed by atoms with Crippen LogP contribution in [0, 0.1) is 0 Å².